The normalized spacial score (nSPS) is 28.0. The van der Waals surface area contributed by atoms with Gasteiger partial charge in [0.1, 0.15) is 0 Å². The number of carbonyl (C=O) groups excluding carboxylic acids is 3. The van der Waals surface area contributed by atoms with Crippen molar-refractivity contribution >= 4 is 17.6 Å². The number of allylic oxidation sites excluding steroid dienone is 1. The van der Waals surface area contributed by atoms with E-state index in [1.165, 1.54) is 0 Å². The number of ketones is 1. The van der Waals surface area contributed by atoms with Crippen molar-refractivity contribution in [3.63, 3.8) is 0 Å². The van der Waals surface area contributed by atoms with E-state index in [2.05, 4.69) is 11.9 Å². The van der Waals surface area contributed by atoms with Crippen molar-refractivity contribution in [3.05, 3.63) is 12.7 Å². The first kappa shape index (κ1) is 10.1. The summed E-state index contributed by atoms with van der Waals surface area (Å²) in [6, 6.07) is 0. The molecule has 4 nitrogen and oxygen atoms in total. The Morgan fingerprint density at radius 1 is 1.27 bits per heavy atom. The van der Waals surface area contributed by atoms with Gasteiger partial charge in [0.25, 0.3) is 5.91 Å². The molecule has 1 N–H and O–H groups in total. The van der Waals surface area contributed by atoms with Gasteiger partial charge in [-0.15, -0.1) is 6.58 Å². The van der Waals surface area contributed by atoms with Gasteiger partial charge in [-0.05, 0) is 25.2 Å². The molecule has 15 heavy (non-hydrogen) atoms. The number of Topliss-reactive ketones (excluding diaryl/α,β-unsaturated/α-hetero) is 1. The summed E-state index contributed by atoms with van der Waals surface area (Å²) in [6.07, 6.45) is 4.00. The molecule has 0 spiro atoms. The second-order valence-corrected chi connectivity index (χ2v) is 4.20. The Hall–Kier alpha value is -1.45. The predicted octanol–water partition coefficient (Wildman–Crippen LogP) is 0.430. The number of hydrogen-bond donors (Lipinski definition) is 1. The number of hydrogen-bond acceptors (Lipinski definition) is 3. The fourth-order valence-electron chi connectivity index (χ4n) is 1.57. The molecular formula is C11H13NO3. The van der Waals surface area contributed by atoms with E-state index in [0.717, 1.165) is 19.3 Å². The highest BCUT2D eigenvalue weighted by atomic mass is 16.2. The molecule has 0 radical (unpaired) electrons. The smallest absolute Gasteiger partial charge is 0.289 e. The highest BCUT2D eigenvalue weighted by Crippen LogP contribution is 2.39. The molecule has 1 unspecified atom stereocenters. The maximum atomic E-state index is 11.4. The van der Waals surface area contributed by atoms with Crippen LogP contribution in [0.5, 0.6) is 0 Å². The highest BCUT2D eigenvalue weighted by Gasteiger charge is 2.42. The zero-order chi connectivity index (χ0) is 11.0. The number of rotatable bonds is 4. The highest BCUT2D eigenvalue weighted by molar-refractivity contribution is 6.40. The van der Waals surface area contributed by atoms with Crippen LogP contribution in [0.25, 0.3) is 0 Å². The van der Waals surface area contributed by atoms with Crippen LogP contribution in [0.3, 0.4) is 0 Å². The minimum Gasteiger partial charge on any atom is -0.289 e. The molecular weight excluding hydrogens is 194 g/mol. The van der Waals surface area contributed by atoms with Gasteiger partial charge in [0, 0.05) is 11.8 Å². The summed E-state index contributed by atoms with van der Waals surface area (Å²) >= 11 is 0. The topological polar surface area (TPSA) is 63.2 Å². The van der Waals surface area contributed by atoms with Crippen LogP contribution >= 0.6 is 0 Å². The molecule has 2 aliphatic carbocycles. The van der Waals surface area contributed by atoms with Crippen LogP contribution in [0.15, 0.2) is 12.7 Å². The first-order chi connectivity index (χ1) is 7.13. The summed E-state index contributed by atoms with van der Waals surface area (Å²) in [6.45, 7) is 3.58. The monoisotopic (exact) mass is 207 g/mol. The second-order valence-electron chi connectivity index (χ2n) is 4.20. The van der Waals surface area contributed by atoms with Gasteiger partial charge < -0.3 is 0 Å². The van der Waals surface area contributed by atoms with Gasteiger partial charge >= 0.3 is 0 Å². The van der Waals surface area contributed by atoms with Crippen molar-refractivity contribution in [2.45, 2.75) is 19.3 Å². The van der Waals surface area contributed by atoms with Gasteiger partial charge in [-0.1, -0.05) is 6.08 Å². The molecule has 0 heterocycles. The Bertz CT molecular complexity index is 344. The summed E-state index contributed by atoms with van der Waals surface area (Å²) in [5.74, 6) is -1.63. The van der Waals surface area contributed by atoms with Crippen LogP contribution in [0.2, 0.25) is 0 Å². The van der Waals surface area contributed by atoms with Gasteiger partial charge in [0.15, 0.2) is 0 Å². The summed E-state index contributed by atoms with van der Waals surface area (Å²) < 4.78 is 0. The van der Waals surface area contributed by atoms with Crippen molar-refractivity contribution in [1.82, 2.24) is 5.32 Å². The summed E-state index contributed by atoms with van der Waals surface area (Å²) in [5, 5.41) is 2.15. The Balaban J connectivity index is 1.81. The van der Waals surface area contributed by atoms with Gasteiger partial charge in [-0.3, -0.25) is 19.7 Å². The molecule has 0 saturated heterocycles. The zero-order valence-corrected chi connectivity index (χ0v) is 8.36. The van der Waals surface area contributed by atoms with Gasteiger partial charge in [-0.2, -0.15) is 0 Å². The molecule has 0 aromatic rings. The summed E-state index contributed by atoms with van der Waals surface area (Å²) in [7, 11) is 0. The molecule has 80 valence electrons. The van der Waals surface area contributed by atoms with E-state index < -0.39 is 11.7 Å². The standard InChI is InChI=1S/C11H13NO3/c1-2-6-5-8(6)10(14)12-11(15)9(13)7-3-4-7/h2,6-8H,1,3-5H2,(H,12,14,15)/t6-,8?/m1/s1. The maximum absolute atomic E-state index is 11.4. The van der Waals surface area contributed by atoms with Crippen LogP contribution in [0.1, 0.15) is 19.3 Å². The van der Waals surface area contributed by atoms with E-state index in [-0.39, 0.29) is 23.7 Å². The quantitative estimate of drug-likeness (QED) is 0.537. The minimum absolute atomic E-state index is 0.132. The summed E-state index contributed by atoms with van der Waals surface area (Å²) in [5.41, 5.74) is 0. The van der Waals surface area contributed by atoms with E-state index in [1.807, 2.05) is 0 Å². The first-order valence-corrected chi connectivity index (χ1v) is 5.15. The molecule has 2 saturated carbocycles. The third kappa shape index (κ3) is 2.14. The molecule has 0 aromatic heterocycles. The summed E-state index contributed by atoms with van der Waals surface area (Å²) in [4.78, 5) is 33.9. The molecule has 2 aliphatic rings. The van der Waals surface area contributed by atoms with E-state index in [0.29, 0.717) is 0 Å². The molecule has 4 heteroatoms. The van der Waals surface area contributed by atoms with Crippen molar-refractivity contribution in [1.29, 1.82) is 0 Å². The number of amides is 2. The Morgan fingerprint density at radius 2 is 1.93 bits per heavy atom. The molecule has 2 amide bonds. The van der Waals surface area contributed by atoms with Crippen molar-refractivity contribution < 1.29 is 14.4 Å². The molecule has 2 rings (SSSR count). The largest absolute Gasteiger partial charge is 0.294 e. The number of nitrogens with one attached hydrogen (secondary N) is 1. The second kappa shape index (κ2) is 3.61. The lowest BCUT2D eigenvalue weighted by Gasteiger charge is -2.00. The molecule has 0 bridgehead atoms. The van der Waals surface area contributed by atoms with Gasteiger partial charge in [0.2, 0.25) is 11.7 Å². The Labute approximate surface area is 87.7 Å². The van der Waals surface area contributed by atoms with Crippen molar-refractivity contribution in [3.8, 4) is 0 Å². The lowest BCUT2D eigenvalue weighted by atomic mass is 10.2. The molecule has 0 aliphatic heterocycles. The van der Waals surface area contributed by atoms with Crippen molar-refractivity contribution in [2.24, 2.45) is 17.8 Å². The minimum atomic E-state index is -0.739. The molecule has 0 aromatic carbocycles. The average Bonchev–Trinajstić information content (AvgIpc) is 3.06. The van der Waals surface area contributed by atoms with Crippen LogP contribution in [0, 0.1) is 17.8 Å². The zero-order valence-electron chi connectivity index (χ0n) is 8.36. The van der Waals surface area contributed by atoms with Crippen LogP contribution in [-0.2, 0) is 14.4 Å². The molecule has 2 atom stereocenters. The fourth-order valence-corrected chi connectivity index (χ4v) is 1.57. The number of imide groups is 1. The lowest BCUT2D eigenvalue weighted by Crippen LogP contribution is -2.37. The Kier molecular flexibility index (Phi) is 2.42. The third-order valence-corrected chi connectivity index (χ3v) is 2.89. The van der Waals surface area contributed by atoms with Crippen LogP contribution in [0.4, 0.5) is 0 Å². The SMILES string of the molecule is C=C[C@@H]1CC1C(=O)NC(=O)C(=O)C1CC1. The maximum Gasteiger partial charge on any atom is 0.294 e. The third-order valence-electron chi connectivity index (χ3n) is 2.89. The van der Waals surface area contributed by atoms with E-state index in [1.54, 1.807) is 6.08 Å². The Morgan fingerprint density at radius 3 is 2.40 bits per heavy atom. The number of carbonyl (C=O) groups is 3. The van der Waals surface area contributed by atoms with E-state index in [9.17, 15) is 14.4 Å². The van der Waals surface area contributed by atoms with E-state index in [4.69, 9.17) is 0 Å². The predicted molar refractivity (Wildman–Crippen MR) is 52.7 cm³/mol. The lowest BCUT2D eigenvalue weighted by molar-refractivity contribution is -0.142. The van der Waals surface area contributed by atoms with Gasteiger partial charge in [-0.25, -0.2) is 0 Å². The fraction of sp³-hybridized carbons (Fsp3) is 0.545. The van der Waals surface area contributed by atoms with Gasteiger partial charge in [0.05, 0.1) is 0 Å². The van der Waals surface area contributed by atoms with Crippen LogP contribution < -0.4 is 5.32 Å². The molecule has 2 fully saturated rings. The van der Waals surface area contributed by atoms with E-state index >= 15 is 0 Å². The van der Waals surface area contributed by atoms with Crippen LogP contribution in [-0.4, -0.2) is 17.6 Å². The average molecular weight is 207 g/mol. The first-order valence-electron chi connectivity index (χ1n) is 5.15. The van der Waals surface area contributed by atoms with Crippen molar-refractivity contribution in [2.75, 3.05) is 0 Å².